The van der Waals surface area contributed by atoms with Gasteiger partial charge in [-0.1, -0.05) is 13.0 Å². The van der Waals surface area contributed by atoms with Crippen LogP contribution in [0.25, 0.3) is 0 Å². The van der Waals surface area contributed by atoms with Gasteiger partial charge in [0.1, 0.15) is 0 Å². The average molecular weight is 518 g/mol. The van der Waals surface area contributed by atoms with Crippen LogP contribution in [0.5, 0.6) is 0 Å². The normalized spacial score (nSPS) is 14.9. The van der Waals surface area contributed by atoms with Crippen molar-refractivity contribution < 1.29 is 4.79 Å². The summed E-state index contributed by atoms with van der Waals surface area (Å²) >= 11 is 3.58. The van der Waals surface area contributed by atoms with E-state index < -0.39 is 0 Å². The number of carbonyl (C=O) groups excluding carboxylic acids is 1. The van der Waals surface area contributed by atoms with E-state index in [0.717, 1.165) is 32.5 Å². The van der Waals surface area contributed by atoms with Gasteiger partial charge in [-0.25, -0.2) is 0 Å². The summed E-state index contributed by atoms with van der Waals surface area (Å²) in [6.07, 6.45) is 2.02. The van der Waals surface area contributed by atoms with Gasteiger partial charge in [0.05, 0.1) is 6.54 Å². The van der Waals surface area contributed by atoms with Crippen molar-refractivity contribution in [1.29, 1.82) is 0 Å². The molecule has 2 aromatic heterocycles. The summed E-state index contributed by atoms with van der Waals surface area (Å²) in [5, 5.41) is 10.7. The minimum absolute atomic E-state index is 0. The Morgan fingerprint density at radius 1 is 1.30 bits per heavy atom. The van der Waals surface area contributed by atoms with Crippen LogP contribution in [0, 0.1) is 5.92 Å². The Kier molecular flexibility index (Phi) is 9.04. The number of aliphatic imine (C=N–C) groups is 1. The lowest BCUT2D eigenvalue weighted by molar-refractivity contribution is -0.130. The first-order valence-electron chi connectivity index (χ1n) is 8.95. The molecule has 0 spiro atoms. The minimum Gasteiger partial charge on any atom is -0.356 e. The fourth-order valence-corrected chi connectivity index (χ4v) is 4.83. The number of thiophene rings is 2. The van der Waals surface area contributed by atoms with E-state index in [-0.39, 0.29) is 36.4 Å². The minimum atomic E-state index is 0. The summed E-state index contributed by atoms with van der Waals surface area (Å²) in [7, 11) is 1.74. The van der Waals surface area contributed by atoms with Gasteiger partial charge in [0.2, 0.25) is 5.91 Å². The number of hydrogen-bond donors (Lipinski definition) is 2. The van der Waals surface area contributed by atoms with Crippen LogP contribution in [0.2, 0.25) is 0 Å². The van der Waals surface area contributed by atoms with Crippen molar-refractivity contribution in [3.8, 4) is 0 Å². The maximum atomic E-state index is 12.5. The molecule has 5 nitrogen and oxygen atoms in total. The Balaban J connectivity index is 0.00000261. The smallest absolute Gasteiger partial charge is 0.242 e. The molecule has 0 aliphatic carbocycles. The van der Waals surface area contributed by atoms with E-state index in [0.29, 0.717) is 11.9 Å². The molecule has 1 aliphatic heterocycles. The van der Waals surface area contributed by atoms with Crippen molar-refractivity contribution in [2.24, 2.45) is 10.9 Å². The molecule has 27 heavy (non-hydrogen) atoms. The summed E-state index contributed by atoms with van der Waals surface area (Å²) in [5.41, 5.74) is 1.29. The van der Waals surface area contributed by atoms with Crippen LogP contribution >= 0.6 is 46.7 Å². The van der Waals surface area contributed by atoms with Crippen molar-refractivity contribution in [2.75, 3.05) is 26.7 Å². The quantitative estimate of drug-likeness (QED) is 0.351. The van der Waals surface area contributed by atoms with E-state index in [2.05, 4.69) is 51.5 Å². The van der Waals surface area contributed by atoms with Gasteiger partial charge in [-0.2, -0.15) is 0 Å². The molecule has 148 valence electrons. The molecule has 0 saturated heterocycles. The summed E-state index contributed by atoms with van der Waals surface area (Å²) in [4.78, 5) is 21.5. The Hall–Kier alpha value is -1.13. The second kappa shape index (κ2) is 11.0. The Morgan fingerprint density at radius 3 is 2.89 bits per heavy atom. The van der Waals surface area contributed by atoms with E-state index in [1.807, 2.05) is 4.90 Å². The van der Waals surface area contributed by atoms with Crippen molar-refractivity contribution in [1.82, 2.24) is 15.5 Å². The molecular weight excluding hydrogens is 491 g/mol. The Morgan fingerprint density at radius 2 is 2.15 bits per heavy atom. The maximum absolute atomic E-state index is 12.5. The highest BCUT2D eigenvalue weighted by Gasteiger charge is 2.21. The lowest BCUT2D eigenvalue weighted by Crippen LogP contribution is -2.46. The van der Waals surface area contributed by atoms with Crippen molar-refractivity contribution in [3.63, 3.8) is 0 Å². The number of amides is 1. The number of hydrogen-bond acceptors (Lipinski definition) is 4. The van der Waals surface area contributed by atoms with Crippen molar-refractivity contribution in [3.05, 3.63) is 44.3 Å². The summed E-state index contributed by atoms with van der Waals surface area (Å²) in [6, 6.07) is 6.39. The third-order valence-corrected chi connectivity index (χ3v) is 6.46. The summed E-state index contributed by atoms with van der Waals surface area (Å²) in [6.45, 7) is 4.85. The zero-order valence-corrected chi connectivity index (χ0v) is 19.7. The van der Waals surface area contributed by atoms with Gasteiger partial charge in [0.25, 0.3) is 0 Å². The van der Waals surface area contributed by atoms with Crippen LogP contribution in [0.1, 0.15) is 22.2 Å². The summed E-state index contributed by atoms with van der Waals surface area (Å²) < 4.78 is 0. The molecule has 3 rings (SSSR count). The predicted octanol–water partition coefficient (Wildman–Crippen LogP) is 3.36. The van der Waals surface area contributed by atoms with E-state index >= 15 is 0 Å². The molecule has 8 heteroatoms. The number of nitrogens with one attached hydrogen (secondary N) is 2. The lowest BCUT2D eigenvalue weighted by atomic mass is 10.1. The highest BCUT2D eigenvalue weighted by molar-refractivity contribution is 14.0. The SMILES string of the molecule is CN=C(NCC(=O)N1CCc2sccc2C1)NCC(C)Cc1cccs1.I. The third-order valence-electron chi connectivity index (χ3n) is 4.54. The largest absolute Gasteiger partial charge is 0.356 e. The number of carbonyl (C=O) groups is 1. The molecule has 1 amide bonds. The van der Waals surface area contributed by atoms with Gasteiger partial charge in [-0.05, 0) is 47.2 Å². The molecule has 1 atom stereocenters. The van der Waals surface area contributed by atoms with E-state index in [4.69, 9.17) is 0 Å². The fourth-order valence-electron chi connectivity index (χ4n) is 3.07. The molecule has 2 aromatic rings. The molecule has 0 fully saturated rings. The van der Waals surface area contributed by atoms with Gasteiger partial charge >= 0.3 is 0 Å². The van der Waals surface area contributed by atoms with E-state index in [9.17, 15) is 4.79 Å². The van der Waals surface area contributed by atoms with Crippen LogP contribution in [-0.4, -0.2) is 43.4 Å². The summed E-state index contributed by atoms with van der Waals surface area (Å²) in [5.74, 6) is 1.31. The highest BCUT2D eigenvalue weighted by atomic mass is 127. The monoisotopic (exact) mass is 518 g/mol. The standard InChI is InChI=1S/C19H26N4OS2.HI/c1-14(10-16-4-3-8-25-16)11-21-19(20-2)22-12-18(24)23-7-5-17-15(13-23)6-9-26-17;/h3-4,6,8-9,14H,5,7,10-13H2,1-2H3,(H2,20,21,22);1H. The second-order valence-electron chi connectivity index (χ2n) is 6.63. The Labute approximate surface area is 186 Å². The van der Waals surface area contributed by atoms with Crippen molar-refractivity contribution >= 4 is 58.5 Å². The van der Waals surface area contributed by atoms with Crippen LogP contribution in [0.15, 0.2) is 34.0 Å². The molecule has 2 N–H and O–H groups in total. The van der Waals surface area contributed by atoms with Crippen LogP contribution in [0.3, 0.4) is 0 Å². The van der Waals surface area contributed by atoms with E-state index in [1.54, 1.807) is 29.7 Å². The first-order valence-corrected chi connectivity index (χ1v) is 10.7. The van der Waals surface area contributed by atoms with Crippen LogP contribution in [0.4, 0.5) is 0 Å². The van der Waals surface area contributed by atoms with Gasteiger partial charge < -0.3 is 15.5 Å². The first kappa shape index (κ1) is 22.2. The maximum Gasteiger partial charge on any atom is 0.242 e. The lowest BCUT2D eigenvalue weighted by Gasteiger charge is -2.27. The molecule has 1 unspecified atom stereocenters. The zero-order chi connectivity index (χ0) is 18.4. The molecule has 1 aliphatic rings. The Bertz CT molecular complexity index is 745. The van der Waals surface area contributed by atoms with Gasteiger partial charge in [0, 0.05) is 36.4 Å². The van der Waals surface area contributed by atoms with E-state index in [1.165, 1.54) is 15.3 Å². The second-order valence-corrected chi connectivity index (χ2v) is 8.66. The van der Waals surface area contributed by atoms with Crippen molar-refractivity contribution in [2.45, 2.75) is 26.3 Å². The van der Waals surface area contributed by atoms with Crippen LogP contribution < -0.4 is 10.6 Å². The molecular formula is C19H27IN4OS2. The van der Waals surface area contributed by atoms with Gasteiger partial charge in [-0.15, -0.1) is 46.7 Å². The molecule has 3 heterocycles. The van der Waals surface area contributed by atoms with Gasteiger partial charge in [-0.3, -0.25) is 9.79 Å². The number of guanidine groups is 1. The molecule has 0 bridgehead atoms. The topological polar surface area (TPSA) is 56.7 Å². The predicted molar refractivity (Wildman–Crippen MR) is 125 cm³/mol. The number of nitrogens with zero attached hydrogens (tertiary/aromatic N) is 2. The number of rotatable bonds is 6. The van der Waals surface area contributed by atoms with Gasteiger partial charge in [0.15, 0.2) is 5.96 Å². The number of halogens is 1. The fraction of sp³-hybridized carbons (Fsp3) is 0.474. The number of fused-ring (bicyclic) bond motifs is 1. The van der Waals surface area contributed by atoms with Crippen LogP contribution in [-0.2, 0) is 24.2 Å². The third kappa shape index (κ3) is 6.46. The average Bonchev–Trinajstić information content (AvgIpc) is 3.32. The molecule has 0 saturated carbocycles. The molecule has 0 aromatic carbocycles. The zero-order valence-electron chi connectivity index (χ0n) is 15.7. The highest BCUT2D eigenvalue weighted by Crippen LogP contribution is 2.23. The first-order chi connectivity index (χ1) is 12.7. The molecule has 0 radical (unpaired) electrons.